The van der Waals surface area contributed by atoms with E-state index < -0.39 is 28.1 Å². The van der Waals surface area contributed by atoms with Crippen LogP contribution in [-0.2, 0) is 10.0 Å². The number of rotatable bonds is 8. The second-order valence-electron chi connectivity index (χ2n) is 9.72. The number of thiazole rings is 1. The number of likely N-dealkylation sites (N-methyl/N-ethyl adjacent to an activating group) is 1. The fraction of sp³-hybridized carbons (Fsp3) is 0.370. The van der Waals surface area contributed by atoms with Crippen LogP contribution in [0.3, 0.4) is 0 Å². The summed E-state index contributed by atoms with van der Waals surface area (Å²) in [5.74, 6) is -0.880. The monoisotopic (exact) mass is 572 g/mol. The summed E-state index contributed by atoms with van der Waals surface area (Å²) in [5.41, 5.74) is 1.80. The SMILES string of the molecule is C[C@@H]1CN([C@H](C)CO)C(=O)c2cccc(NC(=O)c3ccc(-c4nccs4)cc3)c2O[C@H]1CN(C)S(C)(=O)=O. The minimum Gasteiger partial charge on any atom is -0.486 e. The van der Waals surface area contributed by atoms with Gasteiger partial charge in [0.15, 0.2) is 5.75 Å². The van der Waals surface area contributed by atoms with Gasteiger partial charge in [0.1, 0.15) is 11.1 Å². The first-order valence-electron chi connectivity index (χ1n) is 12.4. The first kappa shape index (κ1) is 28.7. The number of carbonyl (C=O) groups excluding carboxylic acids is 2. The molecule has 2 aromatic carbocycles. The summed E-state index contributed by atoms with van der Waals surface area (Å²) in [6, 6.07) is 11.4. The molecule has 208 valence electrons. The van der Waals surface area contributed by atoms with E-state index in [0.717, 1.165) is 16.8 Å². The molecule has 10 nitrogen and oxygen atoms in total. The number of hydrogen-bond acceptors (Lipinski definition) is 8. The molecular formula is C27H32N4O6S2. The molecule has 0 aliphatic carbocycles. The quantitative estimate of drug-likeness (QED) is 0.424. The van der Waals surface area contributed by atoms with E-state index in [-0.39, 0.29) is 48.5 Å². The molecule has 0 radical (unpaired) electrons. The van der Waals surface area contributed by atoms with Crippen molar-refractivity contribution in [1.82, 2.24) is 14.2 Å². The first-order valence-corrected chi connectivity index (χ1v) is 15.2. The van der Waals surface area contributed by atoms with Gasteiger partial charge in [-0.3, -0.25) is 9.59 Å². The summed E-state index contributed by atoms with van der Waals surface area (Å²) in [7, 11) is -2.03. The van der Waals surface area contributed by atoms with E-state index in [1.54, 1.807) is 48.4 Å². The number of aromatic nitrogens is 1. The van der Waals surface area contributed by atoms with E-state index in [9.17, 15) is 23.1 Å². The Morgan fingerprint density at radius 2 is 2.00 bits per heavy atom. The van der Waals surface area contributed by atoms with Crippen LogP contribution in [0, 0.1) is 5.92 Å². The van der Waals surface area contributed by atoms with Crippen molar-refractivity contribution >= 4 is 38.9 Å². The fourth-order valence-corrected chi connectivity index (χ4v) is 5.34. The number of aliphatic hydroxyl groups is 1. The first-order chi connectivity index (χ1) is 18.5. The molecule has 1 aliphatic rings. The average Bonchev–Trinajstić information content (AvgIpc) is 3.45. The maximum atomic E-state index is 13.6. The number of hydrogen-bond donors (Lipinski definition) is 2. The average molecular weight is 573 g/mol. The Morgan fingerprint density at radius 3 is 2.62 bits per heavy atom. The number of nitrogens with zero attached hydrogens (tertiary/aromatic N) is 3. The molecule has 3 aromatic rings. The number of carbonyl (C=O) groups is 2. The maximum Gasteiger partial charge on any atom is 0.258 e. The Hall–Kier alpha value is -3.32. The van der Waals surface area contributed by atoms with Crippen molar-refractivity contribution in [3.63, 3.8) is 0 Å². The van der Waals surface area contributed by atoms with Crippen molar-refractivity contribution in [3.05, 3.63) is 65.2 Å². The van der Waals surface area contributed by atoms with E-state index in [1.165, 1.54) is 22.7 Å². The molecule has 0 unspecified atom stereocenters. The minimum atomic E-state index is -3.50. The number of anilines is 1. The number of sulfonamides is 1. The molecule has 0 bridgehead atoms. The van der Waals surface area contributed by atoms with Crippen molar-refractivity contribution in [2.45, 2.75) is 26.0 Å². The molecule has 2 amide bonds. The number of amides is 2. The van der Waals surface area contributed by atoms with E-state index in [2.05, 4.69) is 10.3 Å². The van der Waals surface area contributed by atoms with Gasteiger partial charge >= 0.3 is 0 Å². The molecule has 12 heteroatoms. The Kier molecular flexibility index (Phi) is 8.70. The molecule has 0 fully saturated rings. The van der Waals surface area contributed by atoms with Gasteiger partial charge in [0.05, 0.1) is 36.7 Å². The highest BCUT2D eigenvalue weighted by Gasteiger charge is 2.35. The Balaban J connectivity index is 1.69. The number of fused-ring (bicyclic) bond motifs is 1. The van der Waals surface area contributed by atoms with Crippen molar-refractivity contribution in [3.8, 4) is 16.3 Å². The lowest BCUT2D eigenvalue weighted by atomic mass is 9.99. The highest BCUT2D eigenvalue weighted by atomic mass is 32.2. The second kappa shape index (κ2) is 11.8. The summed E-state index contributed by atoms with van der Waals surface area (Å²) in [6.07, 6.45) is 2.19. The predicted molar refractivity (Wildman–Crippen MR) is 151 cm³/mol. The van der Waals surface area contributed by atoms with Crippen LogP contribution in [0.1, 0.15) is 34.6 Å². The van der Waals surface area contributed by atoms with Gasteiger partial charge in [-0.2, -0.15) is 0 Å². The summed E-state index contributed by atoms with van der Waals surface area (Å²) < 4.78 is 31.9. The van der Waals surface area contributed by atoms with Gasteiger partial charge in [-0.15, -0.1) is 11.3 Å². The van der Waals surface area contributed by atoms with Gasteiger partial charge in [-0.25, -0.2) is 17.7 Å². The standard InChI is InChI=1S/C27H32N4O6S2/c1-17-14-31(18(2)16-32)27(34)21-6-5-7-22(24(21)37-23(17)15-30(3)39(4,35)36)29-25(33)19-8-10-20(11-9-19)26-28-12-13-38-26/h5-13,17-18,23,32H,14-16H2,1-4H3,(H,29,33)/t17-,18-,23+/m1/s1. The second-order valence-corrected chi connectivity index (χ2v) is 12.7. The largest absolute Gasteiger partial charge is 0.486 e. The Labute approximate surface area is 232 Å². The molecule has 0 saturated heterocycles. The van der Waals surface area contributed by atoms with Crippen LogP contribution in [0.15, 0.2) is 54.0 Å². The summed E-state index contributed by atoms with van der Waals surface area (Å²) in [5, 5.41) is 15.4. The zero-order valence-electron chi connectivity index (χ0n) is 22.2. The van der Waals surface area contributed by atoms with Gasteiger partial charge in [-0.05, 0) is 31.2 Å². The van der Waals surface area contributed by atoms with E-state index in [4.69, 9.17) is 4.74 Å². The third kappa shape index (κ3) is 6.47. The van der Waals surface area contributed by atoms with Crippen LogP contribution < -0.4 is 10.1 Å². The van der Waals surface area contributed by atoms with Crippen LogP contribution in [-0.4, -0.2) is 84.7 Å². The van der Waals surface area contributed by atoms with Crippen LogP contribution in [0.4, 0.5) is 5.69 Å². The molecule has 1 aliphatic heterocycles. The van der Waals surface area contributed by atoms with E-state index >= 15 is 0 Å². The lowest BCUT2D eigenvalue weighted by Gasteiger charge is -2.38. The highest BCUT2D eigenvalue weighted by Crippen LogP contribution is 2.35. The Bertz CT molecular complexity index is 1430. The molecule has 1 aromatic heterocycles. The van der Waals surface area contributed by atoms with Crippen molar-refractivity contribution in [2.75, 3.05) is 38.3 Å². The van der Waals surface area contributed by atoms with Crippen molar-refractivity contribution in [2.24, 2.45) is 5.92 Å². The smallest absolute Gasteiger partial charge is 0.258 e. The van der Waals surface area contributed by atoms with Crippen molar-refractivity contribution < 1.29 is 27.9 Å². The van der Waals surface area contributed by atoms with E-state index in [1.807, 2.05) is 24.4 Å². The maximum absolute atomic E-state index is 13.6. The molecular weight excluding hydrogens is 540 g/mol. The lowest BCUT2D eigenvalue weighted by molar-refractivity contribution is 0.0389. The zero-order valence-corrected chi connectivity index (χ0v) is 23.8. The van der Waals surface area contributed by atoms with Gasteiger partial charge in [0.2, 0.25) is 10.0 Å². The Morgan fingerprint density at radius 1 is 1.28 bits per heavy atom. The summed E-state index contributed by atoms with van der Waals surface area (Å²) >= 11 is 1.50. The van der Waals surface area contributed by atoms with Gasteiger partial charge < -0.3 is 20.1 Å². The third-order valence-electron chi connectivity index (χ3n) is 6.77. The lowest BCUT2D eigenvalue weighted by Crippen LogP contribution is -2.50. The van der Waals surface area contributed by atoms with Gasteiger partial charge in [0, 0.05) is 42.2 Å². The molecule has 2 heterocycles. The van der Waals surface area contributed by atoms with Gasteiger partial charge in [0.25, 0.3) is 11.8 Å². The summed E-state index contributed by atoms with van der Waals surface area (Å²) in [6.45, 7) is 3.66. The van der Waals surface area contributed by atoms with Gasteiger partial charge in [-0.1, -0.05) is 25.1 Å². The zero-order chi connectivity index (χ0) is 28.3. The number of para-hydroxylation sites is 1. The summed E-state index contributed by atoms with van der Waals surface area (Å²) in [4.78, 5) is 32.6. The normalized spacial score (nSPS) is 18.6. The predicted octanol–water partition coefficient (Wildman–Crippen LogP) is 3.17. The molecule has 4 rings (SSSR count). The number of nitrogens with one attached hydrogen (secondary N) is 1. The number of aliphatic hydroxyl groups excluding tert-OH is 1. The minimum absolute atomic E-state index is 0.0372. The van der Waals surface area contributed by atoms with E-state index in [0.29, 0.717) is 5.56 Å². The fourth-order valence-electron chi connectivity index (χ4n) is 4.27. The molecule has 3 atom stereocenters. The van der Waals surface area contributed by atoms with Crippen LogP contribution >= 0.6 is 11.3 Å². The topological polar surface area (TPSA) is 129 Å². The number of benzene rings is 2. The van der Waals surface area contributed by atoms with Crippen LogP contribution in [0.25, 0.3) is 10.6 Å². The molecule has 0 spiro atoms. The van der Waals surface area contributed by atoms with Crippen molar-refractivity contribution in [1.29, 1.82) is 0 Å². The third-order valence-corrected chi connectivity index (χ3v) is 8.87. The van der Waals surface area contributed by atoms with Crippen LogP contribution in [0.2, 0.25) is 0 Å². The number of ether oxygens (including phenoxy) is 1. The molecule has 0 saturated carbocycles. The molecule has 2 N–H and O–H groups in total. The molecule has 39 heavy (non-hydrogen) atoms. The van der Waals surface area contributed by atoms with Crippen LogP contribution in [0.5, 0.6) is 5.75 Å². The highest BCUT2D eigenvalue weighted by molar-refractivity contribution is 7.88.